The number of hydrogen-bond acceptors (Lipinski definition) is 5. The number of hydrogen-bond donors (Lipinski definition) is 1. The van der Waals surface area contributed by atoms with Gasteiger partial charge in [-0.2, -0.15) is 0 Å². The van der Waals surface area contributed by atoms with Crippen molar-refractivity contribution in [2.24, 2.45) is 0 Å². The normalized spacial score (nSPS) is 18.3. The molecule has 2 atom stereocenters. The number of nitrogens with zero attached hydrogens (tertiary/aromatic N) is 3. The number of aromatic nitrogens is 1. The first kappa shape index (κ1) is 27.2. The monoisotopic (exact) mass is 548 g/mol. The molecule has 0 spiro atoms. The summed E-state index contributed by atoms with van der Waals surface area (Å²) < 4.78 is 20.3. The number of carbonyl (C=O) groups excluding carboxylic acids is 1. The van der Waals surface area contributed by atoms with Crippen molar-refractivity contribution < 1.29 is 13.9 Å². The predicted octanol–water partition coefficient (Wildman–Crippen LogP) is 6.61. The molecule has 2 aliphatic rings. The second-order valence-corrected chi connectivity index (χ2v) is 10.7. The maximum absolute atomic E-state index is 14.2. The summed E-state index contributed by atoms with van der Waals surface area (Å²) in [6, 6.07) is 12.6. The van der Waals surface area contributed by atoms with Gasteiger partial charge >= 0.3 is 0 Å². The summed E-state index contributed by atoms with van der Waals surface area (Å²) >= 11 is 6.26. The first-order valence-electron chi connectivity index (χ1n) is 13.5. The van der Waals surface area contributed by atoms with E-state index in [4.69, 9.17) is 22.1 Å². The lowest BCUT2D eigenvalue weighted by atomic mass is 10.0. The van der Waals surface area contributed by atoms with Gasteiger partial charge in [-0.15, -0.1) is 0 Å². The highest BCUT2D eigenvalue weighted by Crippen LogP contribution is 2.36. The predicted molar refractivity (Wildman–Crippen MR) is 154 cm³/mol. The number of halogens is 2. The van der Waals surface area contributed by atoms with E-state index in [9.17, 15) is 9.18 Å². The fraction of sp³-hybridized carbons (Fsp3) is 0.355. The third-order valence-electron chi connectivity index (χ3n) is 7.75. The van der Waals surface area contributed by atoms with Gasteiger partial charge in [0.25, 0.3) is 5.91 Å². The molecule has 1 aromatic heterocycles. The smallest absolute Gasteiger partial charge is 0.254 e. The number of benzene rings is 2. The summed E-state index contributed by atoms with van der Waals surface area (Å²) in [7, 11) is 0. The summed E-state index contributed by atoms with van der Waals surface area (Å²) in [5.74, 6) is 0.125. The van der Waals surface area contributed by atoms with Crippen molar-refractivity contribution in [3.63, 3.8) is 0 Å². The number of ether oxygens (including phenoxy) is 1. The molecule has 2 fully saturated rings. The molecule has 204 valence electrons. The molecule has 2 saturated heterocycles. The minimum Gasteiger partial charge on any atom is -0.482 e. The molecule has 2 aromatic carbocycles. The van der Waals surface area contributed by atoms with Crippen LogP contribution < -0.4 is 10.5 Å². The lowest BCUT2D eigenvalue weighted by Gasteiger charge is -2.28. The first-order chi connectivity index (χ1) is 18.9. The van der Waals surface area contributed by atoms with Crippen LogP contribution in [-0.4, -0.2) is 52.9 Å². The molecular weight excluding hydrogens is 515 g/mol. The quantitative estimate of drug-likeness (QED) is 0.343. The fourth-order valence-corrected chi connectivity index (χ4v) is 5.98. The van der Waals surface area contributed by atoms with Crippen LogP contribution in [-0.2, 0) is 0 Å². The van der Waals surface area contributed by atoms with E-state index in [2.05, 4.69) is 16.5 Å². The van der Waals surface area contributed by atoms with E-state index in [1.165, 1.54) is 18.9 Å². The molecule has 6 nitrogen and oxygen atoms in total. The van der Waals surface area contributed by atoms with E-state index in [0.717, 1.165) is 50.1 Å². The number of carbonyl (C=O) groups is 1. The standard InChI is InChI=1S/C31H34ClFN4O2/c1-3-21-12-13-26(33)29(32)28(21)20(2)39-27-17-24(18-35-30(27)34)22-8-10-23(11-9-22)31(38)37-16-6-7-25(37)19-36-14-4-5-15-36/h3,8-13,17-18,20,25H,1,4-7,14-16,19H2,2H3,(H2,34,35)/t20?,25-/m1/s1. The van der Waals surface area contributed by atoms with Gasteiger partial charge in [-0.3, -0.25) is 4.79 Å². The van der Waals surface area contributed by atoms with Crippen LogP contribution in [0.3, 0.4) is 0 Å². The van der Waals surface area contributed by atoms with E-state index < -0.39 is 11.9 Å². The molecule has 1 unspecified atom stereocenters. The number of rotatable bonds is 8. The summed E-state index contributed by atoms with van der Waals surface area (Å²) in [5.41, 5.74) is 9.63. The van der Waals surface area contributed by atoms with Crippen molar-refractivity contribution in [1.82, 2.24) is 14.8 Å². The highest BCUT2D eigenvalue weighted by Gasteiger charge is 2.31. The Morgan fingerprint density at radius 1 is 1.18 bits per heavy atom. The number of likely N-dealkylation sites (tertiary alicyclic amines) is 2. The van der Waals surface area contributed by atoms with E-state index in [1.807, 2.05) is 29.2 Å². The zero-order valence-corrected chi connectivity index (χ0v) is 23.0. The second-order valence-electron chi connectivity index (χ2n) is 10.3. The number of nitrogens with two attached hydrogens (primary N) is 1. The Kier molecular flexibility index (Phi) is 8.19. The zero-order chi connectivity index (χ0) is 27.5. The number of anilines is 1. The fourth-order valence-electron chi connectivity index (χ4n) is 5.66. The van der Waals surface area contributed by atoms with Crippen LogP contribution in [0.4, 0.5) is 10.2 Å². The van der Waals surface area contributed by atoms with Gasteiger partial charge in [0.2, 0.25) is 0 Å². The van der Waals surface area contributed by atoms with Crippen LogP contribution in [0.5, 0.6) is 5.75 Å². The van der Waals surface area contributed by atoms with E-state index >= 15 is 0 Å². The van der Waals surface area contributed by atoms with Crippen LogP contribution in [0.2, 0.25) is 5.02 Å². The van der Waals surface area contributed by atoms with Crippen molar-refractivity contribution in [3.8, 4) is 16.9 Å². The minimum atomic E-state index is -0.602. The average Bonchev–Trinajstić information content (AvgIpc) is 3.63. The van der Waals surface area contributed by atoms with Crippen molar-refractivity contribution in [2.45, 2.75) is 44.8 Å². The zero-order valence-electron chi connectivity index (χ0n) is 22.2. The molecular formula is C31H34ClFN4O2. The Balaban J connectivity index is 1.32. The molecule has 1 amide bonds. The molecule has 2 N–H and O–H groups in total. The van der Waals surface area contributed by atoms with Crippen LogP contribution in [0.15, 0.2) is 55.2 Å². The van der Waals surface area contributed by atoms with Crippen molar-refractivity contribution >= 4 is 29.4 Å². The van der Waals surface area contributed by atoms with Gasteiger partial charge in [0.05, 0.1) is 5.02 Å². The molecule has 39 heavy (non-hydrogen) atoms. The molecule has 0 saturated carbocycles. The Bertz CT molecular complexity index is 1360. The maximum Gasteiger partial charge on any atom is 0.254 e. The lowest BCUT2D eigenvalue weighted by molar-refractivity contribution is 0.0709. The number of nitrogen functional groups attached to an aromatic ring is 1. The van der Waals surface area contributed by atoms with Crippen molar-refractivity contribution in [1.29, 1.82) is 0 Å². The van der Waals surface area contributed by atoms with Gasteiger partial charge in [-0.25, -0.2) is 9.37 Å². The Labute approximate surface area is 234 Å². The number of pyridine rings is 1. The van der Waals surface area contributed by atoms with Gasteiger partial charge in [0, 0.05) is 42.0 Å². The Morgan fingerprint density at radius 3 is 2.64 bits per heavy atom. The average molecular weight is 549 g/mol. The van der Waals surface area contributed by atoms with Crippen molar-refractivity contribution in [3.05, 3.63) is 82.8 Å². The molecule has 0 bridgehead atoms. The lowest BCUT2D eigenvalue weighted by Crippen LogP contribution is -2.42. The second kappa shape index (κ2) is 11.8. The van der Waals surface area contributed by atoms with Crippen LogP contribution in [0.25, 0.3) is 17.2 Å². The van der Waals surface area contributed by atoms with Gasteiger partial charge in [0.15, 0.2) is 11.6 Å². The molecule has 0 radical (unpaired) electrons. The van der Waals surface area contributed by atoms with Gasteiger partial charge in [0.1, 0.15) is 11.9 Å². The van der Waals surface area contributed by atoms with Gasteiger partial charge in [-0.1, -0.05) is 42.5 Å². The van der Waals surface area contributed by atoms with Crippen molar-refractivity contribution in [2.75, 3.05) is 31.9 Å². The summed E-state index contributed by atoms with van der Waals surface area (Å²) in [4.78, 5) is 22.2. The molecule has 3 aromatic rings. The maximum atomic E-state index is 14.2. The van der Waals surface area contributed by atoms with E-state index in [1.54, 1.807) is 31.3 Å². The third kappa shape index (κ3) is 5.80. The first-order valence-corrected chi connectivity index (χ1v) is 13.9. The molecule has 5 rings (SSSR count). The largest absolute Gasteiger partial charge is 0.482 e. The van der Waals surface area contributed by atoms with Gasteiger partial charge in [-0.05, 0) is 81.1 Å². The van der Waals surface area contributed by atoms with E-state index in [-0.39, 0.29) is 22.8 Å². The summed E-state index contributed by atoms with van der Waals surface area (Å²) in [6.07, 6.45) is 7.29. The molecule has 8 heteroatoms. The van der Waals surface area contributed by atoms with Gasteiger partial charge < -0.3 is 20.3 Å². The molecule has 0 aliphatic carbocycles. The van der Waals surface area contributed by atoms with E-state index in [0.29, 0.717) is 22.4 Å². The Hall–Kier alpha value is -3.42. The molecule has 3 heterocycles. The van der Waals surface area contributed by atoms with Crippen LogP contribution in [0.1, 0.15) is 60.2 Å². The summed E-state index contributed by atoms with van der Waals surface area (Å²) in [6.45, 7) is 9.62. The highest BCUT2D eigenvalue weighted by molar-refractivity contribution is 6.31. The third-order valence-corrected chi connectivity index (χ3v) is 8.13. The summed E-state index contributed by atoms with van der Waals surface area (Å²) in [5, 5.41) is -0.0106. The minimum absolute atomic E-state index is 0.0106. The molecule has 2 aliphatic heterocycles. The number of amides is 1. The topological polar surface area (TPSA) is 71.7 Å². The SMILES string of the molecule is C=Cc1ccc(F)c(Cl)c1C(C)Oc1cc(-c2ccc(C(=O)N3CCC[C@@H]3CN3CCCC3)cc2)cnc1N. The Morgan fingerprint density at radius 2 is 1.92 bits per heavy atom. The highest BCUT2D eigenvalue weighted by atomic mass is 35.5. The van der Waals surface area contributed by atoms with Crippen LogP contribution >= 0.6 is 11.6 Å². The van der Waals surface area contributed by atoms with Crippen LogP contribution in [0, 0.1) is 5.82 Å².